The predicted octanol–water partition coefficient (Wildman–Crippen LogP) is 4.64. The quantitative estimate of drug-likeness (QED) is 0.682. The maximum Gasteiger partial charge on any atom is 0.0636 e. The summed E-state index contributed by atoms with van der Waals surface area (Å²) < 4.78 is 5.45. The maximum absolute atomic E-state index is 6.64. The summed E-state index contributed by atoms with van der Waals surface area (Å²) in [5, 5.41) is 2.55. The summed E-state index contributed by atoms with van der Waals surface area (Å²) in [6.45, 7) is 1.61. The molecule has 0 amide bonds. The number of aromatic nitrogens is 1. The molecule has 20 heavy (non-hydrogen) atoms. The van der Waals surface area contributed by atoms with Gasteiger partial charge in [-0.1, -0.05) is 24.3 Å². The van der Waals surface area contributed by atoms with Gasteiger partial charge in [0.25, 0.3) is 0 Å². The number of para-hydroxylation sites is 1. The van der Waals surface area contributed by atoms with E-state index in [0.29, 0.717) is 5.92 Å². The fourth-order valence-corrected chi connectivity index (χ4v) is 3.43. The Bertz CT molecular complexity index is 758. The van der Waals surface area contributed by atoms with Crippen LogP contribution in [0, 0.1) is 5.92 Å². The largest absolute Gasteiger partial charge is 0.381 e. The molecule has 1 aliphatic heterocycles. The van der Waals surface area contributed by atoms with Crippen molar-refractivity contribution in [1.29, 1.82) is 0 Å². The van der Waals surface area contributed by atoms with Crippen LogP contribution in [-0.4, -0.2) is 18.2 Å². The number of rotatable bonds is 2. The van der Waals surface area contributed by atoms with E-state index in [0.717, 1.165) is 19.6 Å². The minimum Gasteiger partial charge on any atom is -0.381 e. The van der Waals surface area contributed by atoms with Crippen molar-refractivity contribution in [2.24, 2.45) is 5.92 Å². The van der Waals surface area contributed by atoms with Crippen molar-refractivity contribution >= 4 is 33.4 Å². The third-order valence-electron chi connectivity index (χ3n) is 4.23. The van der Waals surface area contributed by atoms with Crippen molar-refractivity contribution in [3.8, 4) is 0 Å². The van der Waals surface area contributed by atoms with E-state index in [1.54, 1.807) is 0 Å². The van der Waals surface area contributed by atoms with Crippen molar-refractivity contribution in [2.45, 2.75) is 11.8 Å². The van der Waals surface area contributed by atoms with Crippen molar-refractivity contribution < 1.29 is 4.74 Å². The first kappa shape index (κ1) is 12.2. The summed E-state index contributed by atoms with van der Waals surface area (Å²) in [5.74, 6) is 0.430. The number of halogens is 1. The van der Waals surface area contributed by atoms with E-state index in [2.05, 4.69) is 47.4 Å². The standard InChI is InChI=1S/C17H16ClNO/c18-17(12-7-8-20-10-12)11-5-6-16-14(9-11)13-3-1-2-4-15(13)19-16/h1-6,9,12,17,19H,7-8,10H2. The lowest BCUT2D eigenvalue weighted by atomic mass is 9.97. The van der Waals surface area contributed by atoms with Gasteiger partial charge in [-0.2, -0.15) is 0 Å². The highest BCUT2D eigenvalue weighted by Crippen LogP contribution is 2.36. The molecular weight excluding hydrogens is 270 g/mol. The first-order valence-electron chi connectivity index (χ1n) is 7.05. The molecule has 2 heterocycles. The first-order valence-corrected chi connectivity index (χ1v) is 7.49. The number of alkyl halides is 1. The molecular formula is C17H16ClNO. The van der Waals surface area contributed by atoms with Crippen molar-refractivity contribution in [3.05, 3.63) is 48.0 Å². The second-order valence-corrected chi connectivity index (χ2v) is 5.97. The van der Waals surface area contributed by atoms with Crippen LogP contribution in [0.5, 0.6) is 0 Å². The van der Waals surface area contributed by atoms with Gasteiger partial charge < -0.3 is 9.72 Å². The maximum atomic E-state index is 6.64. The molecule has 0 bridgehead atoms. The van der Waals surface area contributed by atoms with Crippen molar-refractivity contribution in [1.82, 2.24) is 4.98 Å². The molecule has 2 nitrogen and oxygen atoms in total. The fourth-order valence-electron chi connectivity index (χ4n) is 3.09. The van der Waals surface area contributed by atoms with Gasteiger partial charge in [-0.05, 0) is 30.2 Å². The van der Waals surface area contributed by atoms with E-state index in [1.807, 2.05) is 0 Å². The van der Waals surface area contributed by atoms with Gasteiger partial charge in [-0.25, -0.2) is 0 Å². The molecule has 1 aliphatic rings. The van der Waals surface area contributed by atoms with Crippen molar-refractivity contribution in [2.75, 3.05) is 13.2 Å². The van der Waals surface area contributed by atoms with E-state index in [1.165, 1.54) is 27.4 Å². The van der Waals surface area contributed by atoms with E-state index < -0.39 is 0 Å². The van der Waals surface area contributed by atoms with Crippen LogP contribution in [0.4, 0.5) is 0 Å². The zero-order chi connectivity index (χ0) is 13.5. The molecule has 3 heteroatoms. The number of hydrogen-bond acceptors (Lipinski definition) is 1. The van der Waals surface area contributed by atoms with Crippen LogP contribution < -0.4 is 0 Å². The highest BCUT2D eigenvalue weighted by Gasteiger charge is 2.25. The zero-order valence-electron chi connectivity index (χ0n) is 11.1. The monoisotopic (exact) mass is 285 g/mol. The molecule has 2 atom stereocenters. The topological polar surface area (TPSA) is 25.0 Å². The molecule has 1 fully saturated rings. The van der Waals surface area contributed by atoms with Gasteiger partial charge in [-0.15, -0.1) is 11.6 Å². The molecule has 0 radical (unpaired) electrons. The summed E-state index contributed by atoms with van der Waals surface area (Å²) in [4.78, 5) is 3.45. The molecule has 2 unspecified atom stereocenters. The minimum absolute atomic E-state index is 0.0376. The van der Waals surface area contributed by atoms with Crippen LogP contribution in [0.2, 0.25) is 0 Å². The molecule has 3 aromatic rings. The average Bonchev–Trinajstić information content (AvgIpc) is 3.13. The number of fused-ring (bicyclic) bond motifs is 3. The Morgan fingerprint density at radius 3 is 2.80 bits per heavy atom. The van der Waals surface area contributed by atoms with Gasteiger partial charge in [0, 0.05) is 34.3 Å². The second-order valence-electron chi connectivity index (χ2n) is 5.50. The van der Waals surface area contributed by atoms with Crippen LogP contribution in [0.3, 0.4) is 0 Å². The van der Waals surface area contributed by atoms with E-state index in [-0.39, 0.29) is 5.38 Å². The van der Waals surface area contributed by atoms with Gasteiger partial charge in [-0.3, -0.25) is 0 Å². The summed E-state index contributed by atoms with van der Waals surface area (Å²) in [5.41, 5.74) is 3.54. The Balaban J connectivity index is 1.82. The Morgan fingerprint density at radius 2 is 1.95 bits per heavy atom. The fraction of sp³-hybridized carbons (Fsp3) is 0.294. The molecule has 1 N–H and O–H groups in total. The molecule has 0 spiro atoms. The Morgan fingerprint density at radius 1 is 1.10 bits per heavy atom. The lowest BCUT2D eigenvalue weighted by Gasteiger charge is -2.15. The van der Waals surface area contributed by atoms with Crippen molar-refractivity contribution in [3.63, 3.8) is 0 Å². The molecule has 102 valence electrons. The molecule has 1 saturated heterocycles. The molecule has 0 saturated carbocycles. The number of nitrogens with one attached hydrogen (secondary N) is 1. The van der Waals surface area contributed by atoms with E-state index >= 15 is 0 Å². The third-order valence-corrected chi connectivity index (χ3v) is 4.84. The average molecular weight is 286 g/mol. The van der Waals surface area contributed by atoms with Gasteiger partial charge in [0.2, 0.25) is 0 Å². The van der Waals surface area contributed by atoms with Gasteiger partial charge in [0.15, 0.2) is 0 Å². The number of ether oxygens (including phenoxy) is 1. The normalized spacial score (nSPS) is 20.8. The minimum atomic E-state index is 0.0376. The molecule has 2 aromatic carbocycles. The number of hydrogen-bond donors (Lipinski definition) is 1. The van der Waals surface area contributed by atoms with Gasteiger partial charge in [0.1, 0.15) is 0 Å². The van der Waals surface area contributed by atoms with E-state index in [9.17, 15) is 0 Å². The molecule has 4 rings (SSSR count). The van der Waals surface area contributed by atoms with Crippen LogP contribution >= 0.6 is 11.6 Å². The Labute approximate surface area is 122 Å². The second kappa shape index (κ2) is 4.80. The third kappa shape index (κ3) is 1.91. The smallest absolute Gasteiger partial charge is 0.0636 e. The SMILES string of the molecule is ClC(c1ccc2[nH]c3ccccc3c2c1)C1CCOC1. The van der Waals surface area contributed by atoms with Crippen LogP contribution in [0.1, 0.15) is 17.4 Å². The summed E-state index contributed by atoms with van der Waals surface area (Å²) in [7, 11) is 0. The zero-order valence-corrected chi connectivity index (χ0v) is 11.9. The van der Waals surface area contributed by atoms with Crippen LogP contribution in [0.25, 0.3) is 21.8 Å². The Kier molecular flexibility index (Phi) is 2.94. The molecule has 0 aliphatic carbocycles. The summed E-state index contributed by atoms with van der Waals surface area (Å²) in [6, 6.07) is 14.9. The predicted molar refractivity (Wildman–Crippen MR) is 83.3 cm³/mol. The van der Waals surface area contributed by atoms with Crippen LogP contribution in [-0.2, 0) is 4.74 Å². The summed E-state index contributed by atoms with van der Waals surface area (Å²) in [6.07, 6.45) is 1.06. The highest BCUT2D eigenvalue weighted by atomic mass is 35.5. The van der Waals surface area contributed by atoms with E-state index in [4.69, 9.17) is 16.3 Å². The lowest BCUT2D eigenvalue weighted by Crippen LogP contribution is -2.07. The first-order chi connectivity index (χ1) is 9.83. The highest BCUT2D eigenvalue weighted by molar-refractivity contribution is 6.21. The summed E-state index contributed by atoms with van der Waals surface area (Å²) >= 11 is 6.64. The number of H-pyrrole nitrogens is 1. The van der Waals surface area contributed by atoms with Crippen LogP contribution in [0.15, 0.2) is 42.5 Å². The van der Waals surface area contributed by atoms with Gasteiger partial charge in [0.05, 0.1) is 12.0 Å². The number of aromatic amines is 1. The van der Waals surface area contributed by atoms with Gasteiger partial charge >= 0.3 is 0 Å². The molecule has 1 aromatic heterocycles. The number of benzene rings is 2. The lowest BCUT2D eigenvalue weighted by molar-refractivity contribution is 0.185. The Hall–Kier alpha value is -1.51.